The average molecular weight is 506 g/mol. The third-order valence-corrected chi connectivity index (χ3v) is 4.41. The standard InChI is InChI=1S/C22H16F6O7/c23-21(24,25)14-5-1-12(2-6-14)17(30)10-34-19(32)9-16(29)20(33)35-11-18(31)13-3-7-15(8-4-13)22(26,27)28/h1-8,16,29H,9-11H2. The van der Waals surface area contributed by atoms with E-state index in [0.29, 0.717) is 24.3 Å². The third kappa shape index (κ3) is 8.21. The van der Waals surface area contributed by atoms with Crippen molar-refractivity contribution in [1.29, 1.82) is 0 Å². The van der Waals surface area contributed by atoms with Gasteiger partial charge in [0.15, 0.2) is 30.9 Å². The molecule has 0 fully saturated rings. The van der Waals surface area contributed by atoms with Crippen molar-refractivity contribution in [2.24, 2.45) is 0 Å². The van der Waals surface area contributed by atoms with Crippen molar-refractivity contribution >= 4 is 23.5 Å². The highest BCUT2D eigenvalue weighted by atomic mass is 19.4. The predicted molar refractivity (Wildman–Crippen MR) is 104 cm³/mol. The van der Waals surface area contributed by atoms with Gasteiger partial charge in [-0.25, -0.2) is 4.79 Å². The van der Waals surface area contributed by atoms with Gasteiger partial charge in [0.2, 0.25) is 0 Å². The molecule has 1 N–H and O–H groups in total. The quantitative estimate of drug-likeness (QED) is 0.315. The summed E-state index contributed by atoms with van der Waals surface area (Å²) >= 11 is 0. The van der Waals surface area contributed by atoms with Crippen LogP contribution in [0.2, 0.25) is 0 Å². The first-order valence-corrected chi connectivity index (χ1v) is 9.59. The molecule has 0 amide bonds. The summed E-state index contributed by atoms with van der Waals surface area (Å²) in [6, 6.07) is 6.18. The Morgan fingerprint density at radius 1 is 0.686 bits per heavy atom. The number of hydrogen-bond acceptors (Lipinski definition) is 7. The maximum atomic E-state index is 12.5. The normalized spacial score (nSPS) is 12.5. The van der Waals surface area contributed by atoms with E-state index >= 15 is 0 Å². The van der Waals surface area contributed by atoms with E-state index in [1.54, 1.807) is 0 Å². The van der Waals surface area contributed by atoms with Gasteiger partial charge in [0.25, 0.3) is 0 Å². The Bertz CT molecular complexity index is 1070. The summed E-state index contributed by atoms with van der Waals surface area (Å²) in [6.07, 6.45) is -12.2. The number of benzene rings is 2. The molecule has 0 radical (unpaired) electrons. The highest BCUT2D eigenvalue weighted by Crippen LogP contribution is 2.30. The van der Waals surface area contributed by atoms with Gasteiger partial charge in [-0.2, -0.15) is 26.3 Å². The highest BCUT2D eigenvalue weighted by molar-refractivity contribution is 5.99. The van der Waals surface area contributed by atoms with Gasteiger partial charge >= 0.3 is 24.3 Å². The first-order chi connectivity index (χ1) is 16.2. The van der Waals surface area contributed by atoms with E-state index < -0.39 is 72.7 Å². The van der Waals surface area contributed by atoms with Gasteiger partial charge in [0.05, 0.1) is 17.5 Å². The van der Waals surface area contributed by atoms with Crippen LogP contribution in [0.25, 0.3) is 0 Å². The lowest BCUT2D eigenvalue weighted by Gasteiger charge is -2.11. The van der Waals surface area contributed by atoms with Crippen molar-refractivity contribution in [3.63, 3.8) is 0 Å². The molecule has 0 aromatic heterocycles. The smallest absolute Gasteiger partial charge is 0.416 e. The fourth-order valence-corrected chi connectivity index (χ4v) is 2.54. The van der Waals surface area contributed by atoms with Gasteiger partial charge < -0.3 is 14.6 Å². The van der Waals surface area contributed by atoms with Crippen LogP contribution in [0.3, 0.4) is 0 Å². The monoisotopic (exact) mass is 506 g/mol. The van der Waals surface area contributed by atoms with Crippen LogP contribution in [0.15, 0.2) is 48.5 Å². The van der Waals surface area contributed by atoms with Crippen molar-refractivity contribution < 1.29 is 60.1 Å². The molecule has 0 aliphatic rings. The maximum Gasteiger partial charge on any atom is 0.416 e. The van der Waals surface area contributed by atoms with E-state index in [-0.39, 0.29) is 11.1 Å². The summed E-state index contributed by atoms with van der Waals surface area (Å²) in [5, 5.41) is 9.68. The second-order valence-electron chi connectivity index (χ2n) is 6.98. The lowest BCUT2D eigenvalue weighted by Crippen LogP contribution is -2.29. The highest BCUT2D eigenvalue weighted by Gasteiger charge is 2.31. The Kier molecular flexibility index (Phi) is 8.74. The Hall–Kier alpha value is -3.74. The molecule has 0 saturated carbocycles. The van der Waals surface area contributed by atoms with Crippen LogP contribution < -0.4 is 0 Å². The summed E-state index contributed by atoms with van der Waals surface area (Å²) in [4.78, 5) is 47.3. The molecule has 1 atom stereocenters. The Morgan fingerprint density at radius 2 is 1.06 bits per heavy atom. The molecule has 0 saturated heterocycles. The van der Waals surface area contributed by atoms with Crippen molar-refractivity contribution in [3.05, 3.63) is 70.8 Å². The van der Waals surface area contributed by atoms with Crippen LogP contribution in [0.1, 0.15) is 38.3 Å². The zero-order chi connectivity index (χ0) is 26.4. The minimum Gasteiger partial charge on any atom is -0.457 e. The SMILES string of the molecule is O=C(CC(O)C(=O)OCC(=O)c1ccc(C(F)(F)F)cc1)OCC(=O)c1ccc(C(F)(F)F)cc1. The molecule has 0 bridgehead atoms. The molecular weight excluding hydrogens is 490 g/mol. The Morgan fingerprint density at radius 3 is 1.43 bits per heavy atom. The first kappa shape index (κ1) is 27.5. The van der Waals surface area contributed by atoms with Crippen LogP contribution in [-0.2, 0) is 31.4 Å². The Balaban J connectivity index is 1.78. The third-order valence-electron chi connectivity index (χ3n) is 4.41. The fourth-order valence-electron chi connectivity index (χ4n) is 2.54. The van der Waals surface area contributed by atoms with Crippen LogP contribution in [0, 0.1) is 0 Å². The summed E-state index contributed by atoms with van der Waals surface area (Å²) in [5.74, 6) is -4.34. The van der Waals surface area contributed by atoms with Crippen LogP contribution in [-0.4, -0.2) is 47.9 Å². The lowest BCUT2D eigenvalue weighted by atomic mass is 10.1. The van der Waals surface area contributed by atoms with E-state index in [9.17, 15) is 50.6 Å². The largest absolute Gasteiger partial charge is 0.457 e. The summed E-state index contributed by atoms with van der Waals surface area (Å²) in [7, 11) is 0. The van der Waals surface area contributed by atoms with E-state index in [1.807, 2.05) is 0 Å². The number of alkyl halides is 6. The lowest BCUT2D eigenvalue weighted by molar-refractivity contribution is -0.158. The number of aliphatic hydroxyl groups is 1. The minimum absolute atomic E-state index is 0.174. The van der Waals surface area contributed by atoms with Gasteiger partial charge in [-0.1, -0.05) is 24.3 Å². The number of halogens is 6. The van der Waals surface area contributed by atoms with Crippen LogP contribution in [0.5, 0.6) is 0 Å². The maximum absolute atomic E-state index is 12.5. The molecule has 0 aliphatic heterocycles. The average Bonchev–Trinajstić information content (AvgIpc) is 2.79. The zero-order valence-electron chi connectivity index (χ0n) is 17.5. The first-order valence-electron chi connectivity index (χ1n) is 9.59. The molecule has 0 spiro atoms. The molecule has 2 rings (SSSR count). The number of hydrogen-bond donors (Lipinski definition) is 1. The van der Waals surface area contributed by atoms with E-state index in [0.717, 1.165) is 24.3 Å². The van der Waals surface area contributed by atoms with Gasteiger partial charge in [-0.05, 0) is 24.3 Å². The summed E-state index contributed by atoms with van der Waals surface area (Å²) in [6.45, 7) is -1.80. The summed E-state index contributed by atoms with van der Waals surface area (Å²) < 4.78 is 84.3. The van der Waals surface area contributed by atoms with E-state index in [2.05, 4.69) is 9.47 Å². The van der Waals surface area contributed by atoms with Gasteiger partial charge in [-0.15, -0.1) is 0 Å². The van der Waals surface area contributed by atoms with Crippen LogP contribution in [0.4, 0.5) is 26.3 Å². The van der Waals surface area contributed by atoms with Crippen molar-refractivity contribution in [1.82, 2.24) is 0 Å². The predicted octanol–water partition coefficient (Wildman–Crippen LogP) is 3.63. The second kappa shape index (κ2) is 11.1. The molecule has 13 heteroatoms. The number of esters is 2. The molecule has 1 unspecified atom stereocenters. The molecule has 2 aromatic carbocycles. The number of carbonyl (C=O) groups is 4. The van der Waals surface area contributed by atoms with Crippen molar-refractivity contribution in [3.8, 4) is 0 Å². The molecule has 188 valence electrons. The molecular formula is C22H16F6O7. The van der Waals surface area contributed by atoms with Crippen molar-refractivity contribution in [2.45, 2.75) is 24.9 Å². The molecule has 2 aromatic rings. The van der Waals surface area contributed by atoms with E-state index in [4.69, 9.17) is 0 Å². The van der Waals surface area contributed by atoms with Gasteiger partial charge in [0, 0.05) is 11.1 Å². The number of ether oxygens (including phenoxy) is 2. The number of aliphatic hydroxyl groups excluding tert-OH is 1. The van der Waals surface area contributed by atoms with Gasteiger partial charge in [0.1, 0.15) is 0 Å². The topological polar surface area (TPSA) is 107 Å². The minimum atomic E-state index is -4.60. The zero-order valence-corrected chi connectivity index (χ0v) is 17.5. The van der Waals surface area contributed by atoms with Gasteiger partial charge in [-0.3, -0.25) is 14.4 Å². The number of ketones is 2. The summed E-state index contributed by atoms with van der Waals surface area (Å²) in [5.41, 5.74) is -2.34. The molecule has 35 heavy (non-hydrogen) atoms. The molecule has 7 nitrogen and oxygen atoms in total. The number of Topliss-reactive ketones (excluding diaryl/α,β-unsaturated/α-hetero) is 2. The van der Waals surface area contributed by atoms with E-state index in [1.165, 1.54) is 0 Å². The van der Waals surface area contributed by atoms with Crippen LogP contribution >= 0.6 is 0 Å². The molecule has 0 heterocycles. The Labute approximate surface area is 193 Å². The number of rotatable bonds is 9. The van der Waals surface area contributed by atoms with Crippen molar-refractivity contribution in [2.75, 3.05) is 13.2 Å². The number of carbonyl (C=O) groups excluding carboxylic acids is 4. The molecule has 0 aliphatic carbocycles. The second-order valence-corrected chi connectivity index (χ2v) is 6.98. The fraction of sp³-hybridized carbons (Fsp3) is 0.273.